The van der Waals surface area contributed by atoms with E-state index >= 15 is 8.78 Å². The Kier molecular flexibility index (Phi) is 5.79. The summed E-state index contributed by atoms with van der Waals surface area (Å²) >= 11 is 0. The molecule has 2 N–H and O–H groups in total. The predicted molar refractivity (Wildman–Crippen MR) is 113 cm³/mol. The smallest absolute Gasteiger partial charge is 0.407 e. The summed E-state index contributed by atoms with van der Waals surface area (Å²) in [5.41, 5.74) is 1.73. The molecule has 1 unspecified atom stereocenters. The molecular weight excluding hydrogens is 422 g/mol. The van der Waals surface area contributed by atoms with E-state index in [4.69, 9.17) is 4.74 Å². The number of ether oxygens (including phenoxy) is 1. The molecule has 0 aliphatic carbocycles. The van der Waals surface area contributed by atoms with Gasteiger partial charge < -0.3 is 24.5 Å². The Labute approximate surface area is 182 Å². The number of carboxylic acid groups (broad SMARTS) is 1. The monoisotopic (exact) mass is 444 g/mol. The van der Waals surface area contributed by atoms with Gasteiger partial charge in [-0.05, 0) is 36.8 Å². The molecule has 1 fully saturated rings. The SMILES string of the molecule is CC(=O)Nc1cc(F)c(-c2nc3cc(C)ccn3c2CC2CN(C(=O)O)CCO2)c(F)c1. The van der Waals surface area contributed by atoms with Gasteiger partial charge >= 0.3 is 6.09 Å². The van der Waals surface area contributed by atoms with Crippen molar-refractivity contribution in [3.8, 4) is 11.3 Å². The molecule has 0 bridgehead atoms. The topological polar surface area (TPSA) is 96.2 Å². The Morgan fingerprint density at radius 1 is 1.28 bits per heavy atom. The molecule has 1 aliphatic rings. The lowest BCUT2D eigenvalue weighted by molar-refractivity contribution is -0.114. The van der Waals surface area contributed by atoms with Crippen LogP contribution in [0, 0.1) is 18.6 Å². The highest BCUT2D eigenvalue weighted by atomic mass is 19.1. The van der Waals surface area contributed by atoms with Gasteiger partial charge in [0.1, 0.15) is 17.3 Å². The van der Waals surface area contributed by atoms with Crippen LogP contribution in [0.4, 0.5) is 19.3 Å². The van der Waals surface area contributed by atoms with Crippen molar-refractivity contribution in [2.45, 2.75) is 26.4 Å². The number of aryl methyl sites for hydroxylation is 1. The van der Waals surface area contributed by atoms with Gasteiger partial charge in [-0.1, -0.05) is 0 Å². The third-order valence-corrected chi connectivity index (χ3v) is 5.31. The number of halogens is 2. The maximum absolute atomic E-state index is 15.0. The van der Waals surface area contributed by atoms with Crippen molar-refractivity contribution < 1.29 is 28.2 Å². The van der Waals surface area contributed by atoms with Crippen LogP contribution >= 0.6 is 0 Å². The molecule has 2 aromatic heterocycles. The van der Waals surface area contributed by atoms with Crippen LogP contribution in [0.2, 0.25) is 0 Å². The van der Waals surface area contributed by atoms with Crippen molar-refractivity contribution in [3.05, 3.63) is 53.4 Å². The third-order valence-electron chi connectivity index (χ3n) is 5.31. The van der Waals surface area contributed by atoms with E-state index in [0.29, 0.717) is 11.3 Å². The minimum absolute atomic E-state index is 0.00474. The molecule has 4 rings (SSSR count). The summed E-state index contributed by atoms with van der Waals surface area (Å²) in [4.78, 5) is 28.4. The first-order chi connectivity index (χ1) is 15.2. The van der Waals surface area contributed by atoms with Crippen LogP contribution in [-0.4, -0.2) is 57.2 Å². The minimum atomic E-state index is -1.04. The average molecular weight is 444 g/mol. The van der Waals surface area contributed by atoms with E-state index in [-0.39, 0.29) is 43.1 Å². The number of hydrogen-bond acceptors (Lipinski definition) is 4. The number of morpholine rings is 1. The second-order valence-electron chi connectivity index (χ2n) is 7.76. The van der Waals surface area contributed by atoms with Crippen molar-refractivity contribution in [1.82, 2.24) is 14.3 Å². The van der Waals surface area contributed by atoms with Crippen molar-refractivity contribution in [3.63, 3.8) is 0 Å². The number of fused-ring (bicyclic) bond motifs is 1. The summed E-state index contributed by atoms with van der Waals surface area (Å²) in [6, 6.07) is 5.73. The first-order valence-corrected chi connectivity index (χ1v) is 10.1. The Bertz CT molecular complexity index is 1190. The van der Waals surface area contributed by atoms with Crippen LogP contribution < -0.4 is 5.32 Å². The van der Waals surface area contributed by atoms with Gasteiger partial charge in [0.2, 0.25) is 5.91 Å². The van der Waals surface area contributed by atoms with Crippen LogP contribution in [0.25, 0.3) is 16.9 Å². The Hall–Kier alpha value is -3.53. The highest BCUT2D eigenvalue weighted by Crippen LogP contribution is 2.33. The molecule has 8 nitrogen and oxygen atoms in total. The quantitative estimate of drug-likeness (QED) is 0.643. The largest absolute Gasteiger partial charge is 0.465 e. The van der Waals surface area contributed by atoms with E-state index in [1.807, 2.05) is 13.0 Å². The van der Waals surface area contributed by atoms with Gasteiger partial charge in [0.05, 0.1) is 36.2 Å². The number of rotatable bonds is 4. The highest BCUT2D eigenvalue weighted by Gasteiger charge is 2.28. The zero-order valence-electron chi connectivity index (χ0n) is 17.6. The Morgan fingerprint density at radius 3 is 2.66 bits per heavy atom. The molecule has 2 amide bonds. The molecular formula is C22H22F2N4O4. The maximum atomic E-state index is 15.0. The van der Waals surface area contributed by atoms with Crippen LogP contribution in [0.15, 0.2) is 30.5 Å². The lowest BCUT2D eigenvalue weighted by Gasteiger charge is -2.31. The summed E-state index contributed by atoms with van der Waals surface area (Å²) < 4.78 is 37.5. The molecule has 3 heterocycles. The summed E-state index contributed by atoms with van der Waals surface area (Å²) in [7, 11) is 0. The molecule has 32 heavy (non-hydrogen) atoms. The number of hydrogen-bond donors (Lipinski definition) is 2. The van der Waals surface area contributed by atoms with Gasteiger partial charge in [0.25, 0.3) is 0 Å². The van der Waals surface area contributed by atoms with Crippen molar-refractivity contribution in [1.29, 1.82) is 0 Å². The second-order valence-corrected chi connectivity index (χ2v) is 7.76. The van der Waals surface area contributed by atoms with E-state index < -0.39 is 29.7 Å². The Balaban J connectivity index is 1.80. The van der Waals surface area contributed by atoms with Gasteiger partial charge in [-0.2, -0.15) is 0 Å². The Morgan fingerprint density at radius 2 is 2.00 bits per heavy atom. The molecule has 3 aromatic rings. The number of anilines is 1. The van der Waals surface area contributed by atoms with Crippen molar-refractivity contribution >= 4 is 23.3 Å². The maximum Gasteiger partial charge on any atom is 0.407 e. The van der Waals surface area contributed by atoms with E-state index in [2.05, 4.69) is 10.3 Å². The number of amides is 2. The van der Waals surface area contributed by atoms with Crippen LogP contribution in [0.3, 0.4) is 0 Å². The highest BCUT2D eigenvalue weighted by molar-refractivity contribution is 5.89. The standard InChI is InChI=1S/C22H22F2N4O4/c1-12-3-4-28-18(10-15-11-27(22(30)31)5-6-32-15)21(26-19(28)7-12)20-16(23)8-14(9-17(20)24)25-13(2)29/h3-4,7-9,15H,5-6,10-11H2,1-2H3,(H,25,29)(H,30,31). The van der Waals surface area contributed by atoms with Gasteiger partial charge in [-0.3, -0.25) is 4.79 Å². The van der Waals surface area contributed by atoms with E-state index in [9.17, 15) is 14.7 Å². The molecule has 168 valence electrons. The average Bonchev–Trinajstić information content (AvgIpc) is 3.04. The molecule has 1 aliphatic heterocycles. The summed E-state index contributed by atoms with van der Waals surface area (Å²) in [6.45, 7) is 3.76. The van der Waals surface area contributed by atoms with Crippen molar-refractivity contribution in [2.75, 3.05) is 25.0 Å². The summed E-state index contributed by atoms with van der Waals surface area (Å²) in [6.07, 6.45) is 0.424. The summed E-state index contributed by atoms with van der Waals surface area (Å²) in [5.74, 6) is -2.18. The van der Waals surface area contributed by atoms with Crippen molar-refractivity contribution in [2.24, 2.45) is 0 Å². The molecule has 1 saturated heterocycles. The van der Waals surface area contributed by atoms with Crippen LogP contribution in [0.5, 0.6) is 0 Å². The fourth-order valence-electron chi connectivity index (χ4n) is 3.90. The van der Waals surface area contributed by atoms with Crippen LogP contribution in [-0.2, 0) is 16.0 Å². The first kappa shape index (κ1) is 21.7. The molecule has 0 saturated carbocycles. The number of imidazole rings is 1. The van der Waals surface area contributed by atoms with Gasteiger partial charge in [0.15, 0.2) is 0 Å². The number of nitrogens with zero attached hydrogens (tertiary/aromatic N) is 3. The molecule has 0 spiro atoms. The molecule has 1 aromatic carbocycles. The lowest BCUT2D eigenvalue weighted by Crippen LogP contribution is -2.45. The van der Waals surface area contributed by atoms with Gasteiger partial charge in [-0.25, -0.2) is 18.6 Å². The molecule has 1 atom stereocenters. The number of nitrogens with one attached hydrogen (secondary N) is 1. The first-order valence-electron chi connectivity index (χ1n) is 10.1. The third kappa shape index (κ3) is 4.26. The predicted octanol–water partition coefficient (Wildman–Crippen LogP) is 3.47. The number of benzene rings is 1. The number of carbonyl (C=O) groups excluding carboxylic acids is 1. The van der Waals surface area contributed by atoms with Gasteiger partial charge in [0, 0.05) is 31.8 Å². The zero-order valence-corrected chi connectivity index (χ0v) is 17.6. The van der Waals surface area contributed by atoms with E-state index in [0.717, 1.165) is 17.7 Å². The van der Waals surface area contributed by atoms with Gasteiger partial charge in [-0.15, -0.1) is 0 Å². The minimum Gasteiger partial charge on any atom is -0.465 e. The van der Waals surface area contributed by atoms with E-state index in [1.165, 1.54) is 11.8 Å². The number of aromatic nitrogens is 2. The van der Waals surface area contributed by atoms with Crippen LogP contribution in [0.1, 0.15) is 18.2 Å². The fourth-order valence-corrected chi connectivity index (χ4v) is 3.90. The number of pyridine rings is 1. The van der Waals surface area contributed by atoms with E-state index in [1.54, 1.807) is 16.7 Å². The normalized spacial score (nSPS) is 16.4. The summed E-state index contributed by atoms with van der Waals surface area (Å²) in [5, 5.41) is 11.7. The fraction of sp³-hybridized carbons (Fsp3) is 0.318. The zero-order chi connectivity index (χ0) is 23.0. The second kappa shape index (κ2) is 8.54. The molecule has 0 radical (unpaired) electrons. The number of carbonyl (C=O) groups is 2. The molecule has 10 heteroatoms. The lowest BCUT2D eigenvalue weighted by atomic mass is 10.0.